The van der Waals surface area contributed by atoms with Gasteiger partial charge in [0.2, 0.25) is 0 Å². The number of halogens is 1. The maximum Gasteiger partial charge on any atom is 0.0847 e. The summed E-state index contributed by atoms with van der Waals surface area (Å²) in [5.74, 6) is 0. The van der Waals surface area contributed by atoms with Crippen molar-refractivity contribution in [3.8, 4) is 0 Å². The third-order valence-electron chi connectivity index (χ3n) is 3.98. The van der Waals surface area contributed by atoms with Gasteiger partial charge >= 0.3 is 0 Å². The van der Waals surface area contributed by atoms with E-state index in [0.29, 0.717) is 0 Å². The molecule has 2 unspecified atom stereocenters. The highest BCUT2D eigenvalue weighted by atomic mass is 35.5. The van der Waals surface area contributed by atoms with Gasteiger partial charge in [0.1, 0.15) is 0 Å². The summed E-state index contributed by atoms with van der Waals surface area (Å²) in [6.45, 7) is 0.874. The molecular formula is C15H19ClO. The van der Waals surface area contributed by atoms with E-state index in [1.807, 2.05) is 0 Å². The van der Waals surface area contributed by atoms with E-state index in [0.717, 1.165) is 13.0 Å². The minimum atomic E-state index is 0.0289. The first-order valence-electron chi connectivity index (χ1n) is 6.72. The summed E-state index contributed by atoms with van der Waals surface area (Å²) in [5, 5.41) is 0.0289. The van der Waals surface area contributed by atoms with E-state index in [4.69, 9.17) is 16.3 Å². The average Bonchev–Trinajstić information content (AvgIpc) is 2.86. The molecule has 0 saturated carbocycles. The van der Waals surface area contributed by atoms with Crippen molar-refractivity contribution < 1.29 is 4.74 Å². The maximum absolute atomic E-state index is 6.56. The van der Waals surface area contributed by atoms with Gasteiger partial charge in [0.05, 0.1) is 11.5 Å². The lowest BCUT2D eigenvalue weighted by atomic mass is 9.98. The molecule has 0 bridgehead atoms. The molecule has 1 fully saturated rings. The van der Waals surface area contributed by atoms with Crippen molar-refractivity contribution in [1.29, 1.82) is 0 Å². The van der Waals surface area contributed by atoms with Gasteiger partial charge in [-0.3, -0.25) is 0 Å². The molecule has 1 nitrogen and oxygen atoms in total. The molecule has 1 heterocycles. The fourth-order valence-corrected chi connectivity index (χ4v) is 3.31. The van der Waals surface area contributed by atoms with Crippen LogP contribution in [0.3, 0.4) is 0 Å². The molecule has 1 aliphatic carbocycles. The van der Waals surface area contributed by atoms with Gasteiger partial charge in [-0.05, 0) is 55.2 Å². The van der Waals surface area contributed by atoms with Crippen LogP contribution in [0, 0.1) is 0 Å². The molecule has 1 aromatic carbocycles. The van der Waals surface area contributed by atoms with Crippen molar-refractivity contribution in [2.75, 3.05) is 6.61 Å². The normalized spacial score (nSPS) is 25.6. The van der Waals surface area contributed by atoms with E-state index in [2.05, 4.69) is 18.2 Å². The lowest BCUT2D eigenvalue weighted by molar-refractivity contribution is 0.0136. The summed E-state index contributed by atoms with van der Waals surface area (Å²) in [6, 6.07) is 6.76. The molecule has 92 valence electrons. The van der Waals surface area contributed by atoms with Crippen LogP contribution < -0.4 is 0 Å². The SMILES string of the molecule is ClC(c1ccc2c(c1)CCC2)C1CCCCO1. The second-order valence-electron chi connectivity index (χ2n) is 5.19. The Morgan fingerprint density at radius 2 is 2.00 bits per heavy atom. The summed E-state index contributed by atoms with van der Waals surface area (Å²) in [5.41, 5.74) is 4.27. The van der Waals surface area contributed by atoms with Crippen molar-refractivity contribution in [2.24, 2.45) is 0 Å². The number of hydrogen-bond acceptors (Lipinski definition) is 1. The van der Waals surface area contributed by atoms with E-state index < -0.39 is 0 Å². The third-order valence-corrected chi connectivity index (χ3v) is 4.52. The van der Waals surface area contributed by atoms with Gasteiger partial charge < -0.3 is 4.74 Å². The Kier molecular flexibility index (Phi) is 3.39. The van der Waals surface area contributed by atoms with Crippen LogP contribution in [0.4, 0.5) is 0 Å². The van der Waals surface area contributed by atoms with Crippen LogP contribution in [0.5, 0.6) is 0 Å². The summed E-state index contributed by atoms with van der Waals surface area (Å²) in [4.78, 5) is 0. The Morgan fingerprint density at radius 1 is 1.12 bits per heavy atom. The first-order valence-corrected chi connectivity index (χ1v) is 7.15. The lowest BCUT2D eigenvalue weighted by Gasteiger charge is -2.27. The van der Waals surface area contributed by atoms with Crippen LogP contribution in [0.25, 0.3) is 0 Å². The van der Waals surface area contributed by atoms with Gasteiger partial charge in [-0.15, -0.1) is 11.6 Å². The highest BCUT2D eigenvalue weighted by Gasteiger charge is 2.25. The van der Waals surface area contributed by atoms with Crippen molar-refractivity contribution in [1.82, 2.24) is 0 Å². The predicted octanol–water partition coefficient (Wildman–Crippen LogP) is 4.02. The van der Waals surface area contributed by atoms with Gasteiger partial charge in [0, 0.05) is 6.61 Å². The summed E-state index contributed by atoms with van der Waals surface area (Å²) >= 11 is 6.56. The molecule has 0 aromatic heterocycles. The van der Waals surface area contributed by atoms with Gasteiger partial charge in [-0.1, -0.05) is 18.2 Å². The quantitative estimate of drug-likeness (QED) is 0.721. The smallest absolute Gasteiger partial charge is 0.0847 e. The lowest BCUT2D eigenvalue weighted by Crippen LogP contribution is -2.23. The first kappa shape index (κ1) is 11.6. The number of rotatable bonds is 2. The van der Waals surface area contributed by atoms with E-state index in [-0.39, 0.29) is 11.5 Å². The molecule has 2 aliphatic rings. The largest absolute Gasteiger partial charge is 0.376 e. The molecule has 0 amide bonds. The molecule has 17 heavy (non-hydrogen) atoms. The zero-order valence-electron chi connectivity index (χ0n) is 10.1. The number of hydrogen-bond donors (Lipinski definition) is 0. The molecule has 0 spiro atoms. The van der Waals surface area contributed by atoms with Gasteiger partial charge in [-0.2, -0.15) is 0 Å². The predicted molar refractivity (Wildman–Crippen MR) is 70.7 cm³/mol. The number of ether oxygens (including phenoxy) is 1. The Labute approximate surface area is 108 Å². The van der Waals surface area contributed by atoms with Gasteiger partial charge in [-0.25, -0.2) is 0 Å². The Bertz CT molecular complexity index is 396. The van der Waals surface area contributed by atoms with E-state index in [1.54, 1.807) is 0 Å². The molecule has 1 aromatic rings. The highest BCUT2D eigenvalue weighted by molar-refractivity contribution is 6.21. The van der Waals surface area contributed by atoms with Crippen molar-refractivity contribution in [3.63, 3.8) is 0 Å². The number of benzene rings is 1. The molecule has 3 rings (SSSR count). The molecular weight excluding hydrogens is 232 g/mol. The monoisotopic (exact) mass is 250 g/mol. The zero-order chi connectivity index (χ0) is 11.7. The van der Waals surface area contributed by atoms with E-state index >= 15 is 0 Å². The summed E-state index contributed by atoms with van der Waals surface area (Å²) in [6.07, 6.45) is 7.51. The minimum Gasteiger partial charge on any atom is -0.376 e. The van der Waals surface area contributed by atoms with Crippen LogP contribution in [0.2, 0.25) is 0 Å². The average molecular weight is 251 g/mol. The summed E-state index contributed by atoms with van der Waals surface area (Å²) < 4.78 is 5.78. The fourth-order valence-electron chi connectivity index (χ4n) is 2.97. The fraction of sp³-hybridized carbons (Fsp3) is 0.600. The number of alkyl halides is 1. The molecule has 1 aliphatic heterocycles. The standard InChI is InChI=1S/C15H19ClO/c16-15(14-6-1-2-9-17-14)13-8-7-11-4-3-5-12(11)10-13/h7-8,10,14-15H,1-6,9H2. The minimum absolute atomic E-state index is 0.0289. The Morgan fingerprint density at radius 3 is 2.82 bits per heavy atom. The second kappa shape index (κ2) is 4.99. The number of fused-ring (bicyclic) bond motifs is 1. The van der Waals surface area contributed by atoms with Crippen molar-refractivity contribution in [3.05, 3.63) is 34.9 Å². The van der Waals surface area contributed by atoms with Crippen molar-refractivity contribution in [2.45, 2.75) is 50.0 Å². The van der Waals surface area contributed by atoms with Crippen LogP contribution in [-0.2, 0) is 17.6 Å². The first-order chi connectivity index (χ1) is 8.34. The van der Waals surface area contributed by atoms with Crippen LogP contribution in [0.15, 0.2) is 18.2 Å². The molecule has 1 saturated heterocycles. The van der Waals surface area contributed by atoms with E-state index in [9.17, 15) is 0 Å². The molecule has 2 heteroatoms. The highest BCUT2D eigenvalue weighted by Crippen LogP contribution is 2.34. The zero-order valence-corrected chi connectivity index (χ0v) is 10.9. The third kappa shape index (κ3) is 2.36. The Hall–Kier alpha value is -0.530. The topological polar surface area (TPSA) is 9.23 Å². The number of aryl methyl sites for hydroxylation is 2. The maximum atomic E-state index is 6.56. The van der Waals surface area contributed by atoms with Crippen molar-refractivity contribution >= 4 is 11.6 Å². The van der Waals surface area contributed by atoms with E-state index in [1.165, 1.54) is 48.8 Å². The van der Waals surface area contributed by atoms with Crippen LogP contribution >= 0.6 is 11.6 Å². The second-order valence-corrected chi connectivity index (χ2v) is 5.66. The summed E-state index contributed by atoms with van der Waals surface area (Å²) in [7, 11) is 0. The molecule has 0 radical (unpaired) electrons. The van der Waals surface area contributed by atoms with Gasteiger partial charge in [0.25, 0.3) is 0 Å². The van der Waals surface area contributed by atoms with Crippen LogP contribution in [-0.4, -0.2) is 12.7 Å². The van der Waals surface area contributed by atoms with Gasteiger partial charge in [0.15, 0.2) is 0 Å². The molecule has 0 N–H and O–H groups in total. The Balaban J connectivity index is 1.78. The van der Waals surface area contributed by atoms with Crippen LogP contribution in [0.1, 0.15) is 47.8 Å². The molecule has 2 atom stereocenters.